The molecule has 0 saturated carbocycles. The second-order valence-electron chi connectivity index (χ2n) is 5.49. The fraction of sp³-hybridized carbons (Fsp3) is 0.222. The van der Waals surface area contributed by atoms with Crippen LogP contribution in [0.2, 0.25) is 0 Å². The standard InChI is InChI=1S/C18H19ClN2O5/c19-10-17(22)20-14-4-1-12(2-5-14)11-26-15-6-7-16(21-25)13(9-15)3-8-18(23)24/h1-2,4-7,9,21,25H,3,8,10-11H2,(H,20,22)(H,23,24). The molecule has 2 aromatic carbocycles. The van der Waals surface area contributed by atoms with Crippen molar-refractivity contribution in [2.45, 2.75) is 19.4 Å². The second kappa shape index (κ2) is 9.65. The summed E-state index contributed by atoms with van der Waals surface area (Å²) in [7, 11) is 0. The Hall–Kier alpha value is -2.77. The van der Waals surface area contributed by atoms with Gasteiger partial charge >= 0.3 is 5.97 Å². The quantitative estimate of drug-likeness (QED) is 0.394. The number of rotatable bonds is 9. The van der Waals surface area contributed by atoms with Gasteiger partial charge in [0.2, 0.25) is 5.91 Å². The number of aryl methyl sites for hydroxylation is 1. The molecule has 0 heterocycles. The maximum Gasteiger partial charge on any atom is 0.303 e. The van der Waals surface area contributed by atoms with Crippen LogP contribution in [-0.2, 0) is 22.6 Å². The lowest BCUT2D eigenvalue weighted by Gasteiger charge is -2.12. The highest BCUT2D eigenvalue weighted by atomic mass is 35.5. The molecular formula is C18H19ClN2O5. The third kappa shape index (κ3) is 5.94. The normalized spacial score (nSPS) is 10.2. The molecule has 0 aromatic heterocycles. The van der Waals surface area contributed by atoms with Crippen LogP contribution in [0.25, 0.3) is 0 Å². The molecule has 0 aliphatic carbocycles. The van der Waals surface area contributed by atoms with E-state index in [1.807, 2.05) is 12.1 Å². The van der Waals surface area contributed by atoms with Crippen LogP contribution < -0.4 is 15.5 Å². The molecule has 0 bridgehead atoms. The number of hydrogen-bond acceptors (Lipinski definition) is 5. The van der Waals surface area contributed by atoms with Gasteiger partial charge in [0, 0.05) is 12.1 Å². The fourth-order valence-corrected chi connectivity index (χ4v) is 2.33. The molecule has 0 saturated heterocycles. The van der Waals surface area contributed by atoms with Crippen LogP contribution in [0.3, 0.4) is 0 Å². The SMILES string of the molecule is O=C(O)CCc1cc(OCc2ccc(NC(=O)CCl)cc2)ccc1NO. The van der Waals surface area contributed by atoms with Gasteiger partial charge in [0.25, 0.3) is 0 Å². The highest BCUT2D eigenvalue weighted by Gasteiger charge is 2.07. The average Bonchev–Trinajstić information content (AvgIpc) is 2.65. The summed E-state index contributed by atoms with van der Waals surface area (Å²) < 4.78 is 5.72. The van der Waals surface area contributed by atoms with E-state index < -0.39 is 5.97 Å². The van der Waals surface area contributed by atoms with Gasteiger partial charge in [-0.15, -0.1) is 11.6 Å². The summed E-state index contributed by atoms with van der Waals surface area (Å²) in [5.74, 6) is -0.735. The van der Waals surface area contributed by atoms with Gasteiger partial charge < -0.3 is 15.2 Å². The Morgan fingerprint density at radius 3 is 2.46 bits per heavy atom. The summed E-state index contributed by atoms with van der Waals surface area (Å²) in [6.07, 6.45) is 0.220. The molecule has 0 aliphatic heterocycles. The van der Waals surface area contributed by atoms with Crippen molar-refractivity contribution in [3.05, 3.63) is 53.6 Å². The van der Waals surface area contributed by atoms with E-state index in [0.717, 1.165) is 5.56 Å². The molecule has 8 heteroatoms. The zero-order valence-electron chi connectivity index (χ0n) is 13.9. The minimum atomic E-state index is -0.915. The molecule has 2 rings (SSSR count). The topological polar surface area (TPSA) is 108 Å². The first kappa shape index (κ1) is 19.6. The fourth-order valence-electron chi connectivity index (χ4n) is 2.26. The Labute approximate surface area is 155 Å². The molecule has 0 aliphatic rings. The van der Waals surface area contributed by atoms with E-state index in [9.17, 15) is 9.59 Å². The Morgan fingerprint density at radius 2 is 1.85 bits per heavy atom. The van der Waals surface area contributed by atoms with E-state index >= 15 is 0 Å². The molecule has 0 unspecified atom stereocenters. The average molecular weight is 379 g/mol. The monoisotopic (exact) mass is 378 g/mol. The van der Waals surface area contributed by atoms with Crippen molar-refractivity contribution in [2.75, 3.05) is 16.7 Å². The van der Waals surface area contributed by atoms with Crippen LogP contribution in [0, 0.1) is 0 Å². The van der Waals surface area contributed by atoms with Crippen LogP contribution in [0.1, 0.15) is 17.5 Å². The van der Waals surface area contributed by atoms with Crippen molar-refractivity contribution < 1.29 is 24.6 Å². The predicted molar refractivity (Wildman–Crippen MR) is 97.9 cm³/mol. The lowest BCUT2D eigenvalue weighted by atomic mass is 10.1. The van der Waals surface area contributed by atoms with E-state index in [-0.39, 0.29) is 24.6 Å². The number of benzene rings is 2. The van der Waals surface area contributed by atoms with Gasteiger partial charge in [-0.3, -0.25) is 20.3 Å². The van der Waals surface area contributed by atoms with Crippen molar-refractivity contribution >= 4 is 34.9 Å². The second-order valence-corrected chi connectivity index (χ2v) is 5.76. The molecule has 7 nitrogen and oxygen atoms in total. The zero-order chi connectivity index (χ0) is 18.9. The molecule has 26 heavy (non-hydrogen) atoms. The molecule has 0 radical (unpaired) electrons. The van der Waals surface area contributed by atoms with E-state index in [1.54, 1.807) is 30.3 Å². The Morgan fingerprint density at radius 1 is 1.12 bits per heavy atom. The van der Waals surface area contributed by atoms with Crippen molar-refractivity contribution in [1.29, 1.82) is 0 Å². The smallest absolute Gasteiger partial charge is 0.303 e. The maximum absolute atomic E-state index is 11.2. The predicted octanol–water partition coefficient (Wildman–Crippen LogP) is 3.26. The minimum Gasteiger partial charge on any atom is -0.489 e. The maximum atomic E-state index is 11.2. The van der Waals surface area contributed by atoms with E-state index in [4.69, 9.17) is 26.7 Å². The van der Waals surface area contributed by atoms with Gasteiger partial charge in [-0.1, -0.05) is 12.1 Å². The number of anilines is 2. The first-order valence-corrected chi connectivity index (χ1v) is 8.37. The Kier molecular flexibility index (Phi) is 7.25. The van der Waals surface area contributed by atoms with Gasteiger partial charge in [-0.05, 0) is 47.9 Å². The summed E-state index contributed by atoms with van der Waals surface area (Å²) in [6, 6.07) is 12.1. The first-order valence-electron chi connectivity index (χ1n) is 7.84. The lowest BCUT2D eigenvalue weighted by molar-refractivity contribution is -0.137. The van der Waals surface area contributed by atoms with E-state index in [1.165, 1.54) is 0 Å². The molecule has 1 amide bonds. The molecular weight excluding hydrogens is 360 g/mol. The molecule has 0 fully saturated rings. The van der Waals surface area contributed by atoms with Crippen molar-refractivity contribution in [3.63, 3.8) is 0 Å². The van der Waals surface area contributed by atoms with Crippen LogP contribution in [0.15, 0.2) is 42.5 Å². The number of carboxylic acids is 1. The molecule has 4 N–H and O–H groups in total. The summed E-state index contributed by atoms with van der Waals surface area (Å²) >= 11 is 5.44. The molecule has 138 valence electrons. The molecule has 2 aromatic rings. The van der Waals surface area contributed by atoms with Gasteiger partial charge in [0.05, 0.1) is 5.69 Å². The van der Waals surface area contributed by atoms with Crippen molar-refractivity contribution in [1.82, 2.24) is 0 Å². The minimum absolute atomic E-state index is 0.0480. The van der Waals surface area contributed by atoms with Crippen LogP contribution in [-0.4, -0.2) is 28.1 Å². The third-order valence-electron chi connectivity index (χ3n) is 3.57. The molecule has 0 spiro atoms. The summed E-state index contributed by atoms with van der Waals surface area (Å²) in [4.78, 5) is 22.0. The summed E-state index contributed by atoms with van der Waals surface area (Å²) in [6.45, 7) is 0.300. The number of hydrogen-bond donors (Lipinski definition) is 4. The van der Waals surface area contributed by atoms with Crippen LogP contribution >= 0.6 is 11.6 Å². The van der Waals surface area contributed by atoms with Crippen LogP contribution in [0.5, 0.6) is 5.75 Å². The number of carbonyl (C=O) groups excluding carboxylic acids is 1. The van der Waals surface area contributed by atoms with Gasteiger partial charge in [0.15, 0.2) is 0 Å². The highest BCUT2D eigenvalue weighted by molar-refractivity contribution is 6.29. The number of amides is 1. The Balaban J connectivity index is 1.99. The summed E-state index contributed by atoms with van der Waals surface area (Å²) in [5.41, 5.74) is 4.68. The van der Waals surface area contributed by atoms with E-state index in [0.29, 0.717) is 29.3 Å². The zero-order valence-corrected chi connectivity index (χ0v) is 14.6. The summed E-state index contributed by atoms with van der Waals surface area (Å²) in [5, 5.41) is 20.6. The van der Waals surface area contributed by atoms with E-state index in [2.05, 4.69) is 10.8 Å². The van der Waals surface area contributed by atoms with Crippen molar-refractivity contribution in [2.24, 2.45) is 0 Å². The van der Waals surface area contributed by atoms with Gasteiger partial charge in [-0.2, -0.15) is 0 Å². The van der Waals surface area contributed by atoms with Crippen LogP contribution in [0.4, 0.5) is 11.4 Å². The number of ether oxygens (including phenoxy) is 1. The first-order chi connectivity index (χ1) is 12.5. The number of aliphatic carboxylic acids is 1. The highest BCUT2D eigenvalue weighted by Crippen LogP contribution is 2.24. The number of alkyl halides is 1. The van der Waals surface area contributed by atoms with Gasteiger partial charge in [0.1, 0.15) is 18.2 Å². The third-order valence-corrected chi connectivity index (χ3v) is 3.81. The molecule has 0 atom stereocenters. The lowest BCUT2D eigenvalue weighted by Crippen LogP contribution is -2.12. The van der Waals surface area contributed by atoms with Crippen molar-refractivity contribution in [3.8, 4) is 5.75 Å². The largest absolute Gasteiger partial charge is 0.489 e. The number of carboxylic acid groups (broad SMARTS) is 1. The number of nitrogens with one attached hydrogen (secondary N) is 2. The Bertz CT molecular complexity index is 765. The number of halogens is 1. The van der Waals surface area contributed by atoms with Gasteiger partial charge in [-0.25, -0.2) is 0 Å². The number of carbonyl (C=O) groups is 2.